The number of ketones is 1. The van der Waals surface area contributed by atoms with Crippen LogP contribution in [0.25, 0.3) is 0 Å². The van der Waals surface area contributed by atoms with Crippen LogP contribution in [-0.2, 0) is 6.42 Å². The lowest BCUT2D eigenvalue weighted by atomic mass is 10.1. The van der Waals surface area contributed by atoms with Crippen molar-refractivity contribution in [2.24, 2.45) is 16.3 Å². The fourth-order valence-corrected chi connectivity index (χ4v) is 1.72. The average molecular weight is 206 g/mol. The van der Waals surface area contributed by atoms with Gasteiger partial charge in [0.1, 0.15) is 18.1 Å². The van der Waals surface area contributed by atoms with E-state index in [2.05, 4.69) is 29.2 Å². The first kappa shape index (κ1) is 10.0. The van der Waals surface area contributed by atoms with Gasteiger partial charge in [-0.05, 0) is 12.8 Å². The Balaban J connectivity index is 2.48. The molecule has 80 valence electrons. The highest BCUT2D eigenvalue weighted by Gasteiger charge is 2.23. The van der Waals surface area contributed by atoms with E-state index in [1.165, 1.54) is 0 Å². The second kappa shape index (κ2) is 3.56. The monoisotopic (exact) mass is 206 g/mol. The molecule has 2 heterocycles. The molecule has 0 saturated heterocycles. The molecule has 0 N–H and O–H groups in total. The highest BCUT2D eigenvalue weighted by Crippen LogP contribution is 2.18. The first-order valence-corrected chi connectivity index (χ1v) is 5.08. The van der Waals surface area contributed by atoms with Gasteiger partial charge in [-0.15, -0.1) is 0 Å². The summed E-state index contributed by atoms with van der Waals surface area (Å²) < 4.78 is 1.58. The van der Waals surface area contributed by atoms with Gasteiger partial charge in [0.05, 0.1) is 5.69 Å². The number of imidazole rings is 1. The number of carbonyl (C=O) groups excluding carboxylic acids is 1. The van der Waals surface area contributed by atoms with Crippen molar-refractivity contribution in [3.63, 3.8) is 0 Å². The number of aromatic nitrogens is 2. The maximum absolute atomic E-state index is 11.6. The first-order valence-electron chi connectivity index (χ1n) is 5.08. The molecule has 15 heavy (non-hydrogen) atoms. The van der Waals surface area contributed by atoms with Crippen molar-refractivity contribution in [1.82, 2.24) is 9.66 Å². The molecule has 0 fully saturated rings. The Morgan fingerprint density at radius 2 is 2.20 bits per heavy atom. The molecule has 0 spiro atoms. The Kier molecular flexibility index (Phi) is 2.38. The molecule has 0 aliphatic carbocycles. The summed E-state index contributed by atoms with van der Waals surface area (Å²) in [6.07, 6.45) is 0.813. The summed E-state index contributed by atoms with van der Waals surface area (Å²) in [5.74, 6) is 1.32. The van der Waals surface area contributed by atoms with Gasteiger partial charge in [-0.2, -0.15) is 9.79 Å². The van der Waals surface area contributed by atoms with Crippen LogP contribution in [0.3, 0.4) is 0 Å². The standard InChI is InChI=1S/C10H14N4O/c1-6(2)4-9-12-7(3)10-8(15)5-11-13-14(9)10/h6H,4-5H2,1-3H3. The summed E-state index contributed by atoms with van der Waals surface area (Å²) in [6.45, 7) is 6.21. The zero-order chi connectivity index (χ0) is 11.0. The predicted molar refractivity (Wildman–Crippen MR) is 55.0 cm³/mol. The van der Waals surface area contributed by atoms with E-state index in [1.807, 2.05) is 6.92 Å². The fourth-order valence-electron chi connectivity index (χ4n) is 1.72. The van der Waals surface area contributed by atoms with Gasteiger partial charge >= 0.3 is 0 Å². The molecular formula is C10H14N4O. The van der Waals surface area contributed by atoms with Crippen molar-refractivity contribution >= 4 is 5.78 Å². The lowest BCUT2D eigenvalue weighted by Crippen LogP contribution is -2.16. The Hall–Kier alpha value is -1.52. The zero-order valence-electron chi connectivity index (χ0n) is 9.19. The van der Waals surface area contributed by atoms with Gasteiger partial charge in [-0.1, -0.05) is 19.1 Å². The molecule has 0 aromatic carbocycles. The van der Waals surface area contributed by atoms with Gasteiger partial charge in [0.2, 0.25) is 5.78 Å². The summed E-state index contributed by atoms with van der Waals surface area (Å²) in [4.78, 5) is 16.0. The summed E-state index contributed by atoms with van der Waals surface area (Å²) in [5, 5.41) is 7.75. The number of aryl methyl sites for hydroxylation is 1. The molecule has 2 rings (SSSR count). The zero-order valence-corrected chi connectivity index (χ0v) is 9.19. The highest BCUT2D eigenvalue weighted by molar-refractivity contribution is 5.97. The molecule has 0 bridgehead atoms. The lowest BCUT2D eigenvalue weighted by molar-refractivity contribution is 0.0982. The Morgan fingerprint density at radius 1 is 1.47 bits per heavy atom. The van der Waals surface area contributed by atoms with Crippen LogP contribution in [0.1, 0.15) is 35.9 Å². The van der Waals surface area contributed by atoms with E-state index in [9.17, 15) is 4.79 Å². The third-order valence-electron chi connectivity index (χ3n) is 2.32. The molecule has 1 aliphatic rings. The van der Waals surface area contributed by atoms with Gasteiger partial charge in [-0.3, -0.25) is 4.79 Å². The third-order valence-corrected chi connectivity index (χ3v) is 2.32. The molecule has 0 radical (unpaired) electrons. The van der Waals surface area contributed by atoms with E-state index in [1.54, 1.807) is 4.68 Å². The summed E-state index contributed by atoms with van der Waals surface area (Å²) in [5.41, 5.74) is 1.36. The normalized spacial score (nSPS) is 14.8. The molecule has 5 nitrogen and oxygen atoms in total. The quantitative estimate of drug-likeness (QED) is 0.740. The SMILES string of the molecule is Cc1nc(CC(C)C)n2c1C(=O)CN=N2. The van der Waals surface area contributed by atoms with Crippen LogP contribution >= 0.6 is 0 Å². The molecule has 5 heteroatoms. The number of rotatable bonds is 2. The van der Waals surface area contributed by atoms with Gasteiger partial charge < -0.3 is 0 Å². The van der Waals surface area contributed by atoms with Crippen molar-refractivity contribution in [2.75, 3.05) is 6.54 Å². The second-order valence-corrected chi connectivity index (χ2v) is 4.18. The molecule has 0 atom stereocenters. The summed E-state index contributed by atoms with van der Waals surface area (Å²) in [6, 6.07) is 0. The summed E-state index contributed by atoms with van der Waals surface area (Å²) in [7, 11) is 0. The number of nitrogens with zero attached hydrogens (tertiary/aromatic N) is 4. The number of hydrogen-bond acceptors (Lipinski definition) is 4. The smallest absolute Gasteiger partial charge is 0.206 e. The number of fused-ring (bicyclic) bond motifs is 1. The molecule has 1 aromatic heterocycles. The average Bonchev–Trinajstić information content (AvgIpc) is 2.44. The first-order chi connectivity index (χ1) is 7.09. The second-order valence-electron chi connectivity index (χ2n) is 4.18. The maximum atomic E-state index is 11.6. The van der Waals surface area contributed by atoms with E-state index in [0.29, 0.717) is 11.6 Å². The van der Waals surface area contributed by atoms with Crippen LogP contribution in [-0.4, -0.2) is 22.0 Å². The maximum Gasteiger partial charge on any atom is 0.206 e. The third kappa shape index (κ3) is 1.69. The lowest BCUT2D eigenvalue weighted by Gasteiger charge is -2.08. The van der Waals surface area contributed by atoms with Crippen molar-refractivity contribution in [1.29, 1.82) is 0 Å². The van der Waals surface area contributed by atoms with Gasteiger partial charge in [0.25, 0.3) is 0 Å². The molecular weight excluding hydrogens is 192 g/mol. The van der Waals surface area contributed by atoms with Crippen molar-refractivity contribution in [3.8, 4) is 0 Å². The van der Waals surface area contributed by atoms with E-state index in [0.717, 1.165) is 17.9 Å². The number of Topliss-reactive ketones (excluding diaryl/α,β-unsaturated/α-hetero) is 1. The van der Waals surface area contributed by atoms with Gasteiger partial charge in [0.15, 0.2) is 0 Å². The summed E-state index contributed by atoms with van der Waals surface area (Å²) >= 11 is 0. The minimum Gasteiger partial charge on any atom is -0.290 e. The molecule has 1 aromatic rings. The molecule has 0 saturated carbocycles. The largest absolute Gasteiger partial charge is 0.290 e. The Labute approximate surface area is 88.2 Å². The number of carbonyl (C=O) groups is 1. The van der Waals surface area contributed by atoms with Crippen LogP contribution in [0.4, 0.5) is 0 Å². The van der Waals surface area contributed by atoms with Crippen LogP contribution in [0.15, 0.2) is 10.3 Å². The minimum atomic E-state index is 0.00464. The predicted octanol–water partition coefficient (Wildman–Crippen LogP) is 1.80. The van der Waals surface area contributed by atoms with Crippen LogP contribution in [0, 0.1) is 12.8 Å². The van der Waals surface area contributed by atoms with E-state index in [4.69, 9.17) is 0 Å². The van der Waals surface area contributed by atoms with Gasteiger partial charge in [-0.25, -0.2) is 4.98 Å². The minimum absolute atomic E-state index is 0.00464. The van der Waals surface area contributed by atoms with E-state index in [-0.39, 0.29) is 12.3 Å². The van der Waals surface area contributed by atoms with Crippen molar-refractivity contribution in [2.45, 2.75) is 27.2 Å². The molecule has 0 amide bonds. The van der Waals surface area contributed by atoms with E-state index < -0.39 is 0 Å². The van der Waals surface area contributed by atoms with Crippen LogP contribution < -0.4 is 0 Å². The Bertz CT molecular complexity index is 431. The Morgan fingerprint density at radius 3 is 2.87 bits per heavy atom. The highest BCUT2D eigenvalue weighted by atomic mass is 16.1. The topological polar surface area (TPSA) is 59.6 Å². The fraction of sp³-hybridized carbons (Fsp3) is 0.600. The molecule has 1 aliphatic heterocycles. The van der Waals surface area contributed by atoms with Crippen molar-refractivity contribution < 1.29 is 4.79 Å². The van der Waals surface area contributed by atoms with Gasteiger partial charge in [0, 0.05) is 6.42 Å². The van der Waals surface area contributed by atoms with Crippen molar-refractivity contribution in [3.05, 3.63) is 17.2 Å². The van der Waals surface area contributed by atoms with Crippen LogP contribution in [0.5, 0.6) is 0 Å². The van der Waals surface area contributed by atoms with Crippen LogP contribution in [0.2, 0.25) is 0 Å². The number of hydrogen-bond donors (Lipinski definition) is 0. The molecule has 0 unspecified atom stereocenters. The van der Waals surface area contributed by atoms with E-state index >= 15 is 0 Å².